The monoisotopic (exact) mass is 310 g/mol. The number of benzene rings is 2. The van der Waals surface area contributed by atoms with Gasteiger partial charge < -0.3 is 9.84 Å². The number of aliphatic hydroxyl groups excluding tert-OH is 1. The Labute approximate surface area is 137 Å². The van der Waals surface area contributed by atoms with E-state index in [4.69, 9.17) is 4.74 Å². The van der Waals surface area contributed by atoms with Crippen LogP contribution in [0, 0.1) is 6.92 Å². The average Bonchev–Trinajstić information content (AvgIpc) is 2.56. The van der Waals surface area contributed by atoms with Gasteiger partial charge in [-0.2, -0.15) is 0 Å². The van der Waals surface area contributed by atoms with E-state index < -0.39 is 6.10 Å². The van der Waals surface area contributed by atoms with Crippen LogP contribution in [0.15, 0.2) is 54.6 Å². The first-order valence-corrected chi connectivity index (χ1v) is 7.79. The van der Waals surface area contributed by atoms with Gasteiger partial charge >= 0.3 is 5.97 Å². The summed E-state index contributed by atoms with van der Waals surface area (Å²) in [6.07, 6.45) is 3.93. The van der Waals surface area contributed by atoms with Crippen LogP contribution < -0.4 is 0 Å². The summed E-state index contributed by atoms with van der Waals surface area (Å²) in [6, 6.07) is 15.2. The van der Waals surface area contributed by atoms with E-state index in [2.05, 4.69) is 0 Å². The van der Waals surface area contributed by atoms with Gasteiger partial charge in [0.25, 0.3) is 0 Å². The molecule has 0 aromatic heterocycles. The number of carbonyl (C=O) groups excluding carboxylic acids is 1. The average molecular weight is 310 g/mol. The summed E-state index contributed by atoms with van der Waals surface area (Å²) >= 11 is 0. The minimum Gasteiger partial charge on any atom is -0.462 e. The van der Waals surface area contributed by atoms with Crippen molar-refractivity contribution in [3.05, 3.63) is 76.9 Å². The molecular formula is C20H22O3. The van der Waals surface area contributed by atoms with Crippen LogP contribution in [-0.2, 0) is 4.74 Å². The molecule has 2 aromatic rings. The predicted molar refractivity (Wildman–Crippen MR) is 92.2 cm³/mol. The fraction of sp³-hybridized carbons (Fsp3) is 0.250. The van der Waals surface area contributed by atoms with Gasteiger partial charge in [0, 0.05) is 0 Å². The number of carbonyl (C=O) groups is 1. The molecule has 3 heteroatoms. The van der Waals surface area contributed by atoms with Gasteiger partial charge in [-0.1, -0.05) is 54.6 Å². The molecule has 0 heterocycles. The molecule has 0 spiro atoms. The van der Waals surface area contributed by atoms with Crippen molar-refractivity contribution in [2.45, 2.75) is 26.4 Å². The smallest absolute Gasteiger partial charge is 0.338 e. The Bertz CT molecular complexity index is 675. The molecule has 120 valence electrons. The highest BCUT2D eigenvalue weighted by Gasteiger charge is 2.09. The number of hydrogen-bond acceptors (Lipinski definition) is 3. The second-order valence-electron chi connectivity index (χ2n) is 5.36. The maximum absolute atomic E-state index is 11.8. The fourth-order valence-electron chi connectivity index (χ4n) is 2.37. The maximum Gasteiger partial charge on any atom is 0.338 e. The van der Waals surface area contributed by atoms with E-state index in [0.29, 0.717) is 18.6 Å². The van der Waals surface area contributed by atoms with Crippen LogP contribution in [0.5, 0.6) is 0 Å². The number of rotatable bonds is 6. The van der Waals surface area contributed by atoms with Gasteiger partial charge in [0.05, 0.1) is 18.3 Å². The van der Waals surface area contributed by atoms with Crippen molar-refractivity contribution in [3.8, 4) is 0 Å². The molecule has 1 atom stereocenters. The van der Waals surface area contributed by atoms with Crippen molar-refractivity contribution in [2.75, 3.05) is 6.61 Å². The summed E-state index contributed by atoms with van der Waals surface area (Å²) in [7, 11) is 0. The van der Waals surface area contributed by atoms with Crippen molar-refractivity contribution in [3.63, 3.8) is 0 Å². The summed E-state index contributed by atoms with van der Waals surface area (Å²) < 4.78 is 5.02. The Kier molecular flexibility index (Phi) is 6.12. The van der Waals surface area contributed by atoms with E-state index in [1.165, 1.54) is 0 Å². The zero-order valence-electron chi connectivity index (χ0n) is 13.5. The Morgan fingerprint density at radius 1 is 1.22 bits per heavy atom. The molecule has 0 amide bonds. The van der Waals surface area contributed by atoms with Gasteiger partial charge in [-0.25, -0.2) is 4.79 Å². The SMILES string of the molecule is CCOC(=O)c1ccc(/C=C/CC(O)c2ccccc2)cc1C. The minimum absolute atomic E-state index is 0.292. The van der Waals surface area contributed by atoms with E-state index in [1.54, 1.807) is 13.0 Å². The third kappa shape index (κ3) is 4.80. The zero-order chi connectivity index (χ0) is 16.7. The molecule has 0 aliphatic rings. The maximum atomic E-state index is 11.8. The van der Waals surface area contributed by atoms with Crippen molar-refractivity contribution in [2.24, 2.45) is 0 Å². The number of aryl methyl sites for hydroxylation is 1. The predicted octanol–water partition coefficient (Wildman–Crippen LogP) is 4.31. The molecule has 0 saturated heterocycles. The van der Waals surface area contributed by atoms with E-state index in [-0.39, 0.29) is 5.97 Å². The lowest BCUT2D eigenvalue weighted by atomic mass is 10.0. The van der Waals surface area contributed by atoms with Gasteiger partial charge in [0.1, 0.15) is 0 Å². The van der Waals surface area contributed by atoms with E-state index in [0.717, 1.165) is 16.7 Å². The van der Waals surface area contributed by atoms with Crippen LogP contribution in [0.3, 0.4) is 0 Å². The lowest BCUT2D eigenvalue weighted by Gasteiger charge is -2.08. The van der Waals surface area contributed by atoms with Crippen molar-refractivity contribution >= 4 is 12.0 Å². The van der Waals surface area contributed by atoms with Crippen LogP contribution in [-0.4, -0.2) is 17.7 Å². The van der Waals surface area contributed by atoms with Crippen LogP contribution in [0.1, 0.15) is 46.5 Å². The number of hydrogen-bond donors (Lipinski definition) is 1. The highest BCUT2D eigenvalue weighted by atomic mass is 16.5. The summed E-state index contributed by atoms with van der Waals surface area (Å²) in [5.41, 5.74) is 3.38. The van der Waals surface area contributed by atoms with Crippen molar-refractivity contribution in [1.82, 2.24) is 0 Å². The van der Waals surface area contributed by atoms with Crippen LogP contribution >= 0.6 is 0 Å². The lowest BCUT2D eigenvalue weighted by Crippen LogP contribution is -2.06. The van der Waals surface area contributed by atoms with Gasteiger partial charge in [-0.15, -0.1) is 0 Å². The second-order valence-corrected chi connectivity index (χ2v) is 5.36. The largest absolute Gasteiger partial charge is 0.462 e. The molecule has 0 radical (unpaired) electrons. The molecule has 2 aromatic carbocycles. The lowest BCUT2D eigenvalue weighted by molar-refractivity contribution is 0.0525. The number of aliphatic hydroxyl groups is 1. The van der Waals surface area contributed by atoms with Crippen molar-refractivity contribution in [1.29, 1.82) is 0 Å². The third-order valence-corrected chi connectivity index (χ3v) is 3.60. The molecule has 0 aliphatic heterocycles. The van der Waals surface area contributed by atoms with Gasteiger partial charge in [-0.3, -0.25) is 0 Å². The first kappa shape index (κ1) is 17.0. The molecule has 2 rings (SSSR count). The quantitative estimate of drug-likeness (QED) is 0.809. The zero-order valence-corrected chi connectivity index (χ0v) is 13.5. The van der Waals surface area contributed by atoms with Crippen LogP contribution in [0.2, 0.25) is 0 Å². The molecular weight excluding hydrogens is 288 g/mol. The molecule has 0 saturated carbocycles. The summed E-state index contributed by atoms with van der Waals surface area (Å²) in [5, 5.41) is 10.1. The first-order chi connectivity index (χ1) is 11.1. The van der Waals surface area contributed by atoms with Crippen LogP contribution in [0.25, 0.3) is 6.08 Å². The topological polar surface area (TPSA) is 46.5 Å². The van der Waals surface area contributed by atoms with Gasteiger partial charge in [-0.05, 0) is 43.0 Å². The Morgan fingerprint density at radius 3 is 2.61 bits per heavy atom. The normalized spacial score (nSPS) is 12.3. The first-order valence-electron chi connectivity index (χ1n) is 7.79. The van der Waals surface area contributed by atoms with Gasteiger partial charge in [0.2, 0.25) is 0 Å². The van der Waals surface area contributed by atoms with Crippen molar-refractivity contribution < 1.29 is 14.6 Å². The molecule has 1 unspecified atom stereocenters. The Hall–Kier alpha value is -2.39. The summed E-state index contributed by atoms with van der Waals surface area (Å²) in [4.78, 5) is 11.8. The number of esters is 1. The van der Waals surface area contributed by atoms with E-state index in [9.17, 15) is 9.90 Å². The highest BCUT2D eigenvalue weighted by molar-refractivity contribution is 5.91. The third-order valence-electron chi connectivity index (χ3n) is 3.60. The minimum atomic E-state index is -0.507. The second kappa shape index (κ2) is 8.30. The molecule has 1 N–H and O–H groups in total. The molecule has 0 bridgehead atoms. The molecule has 0 fully saturated rings. The van der Waals surface area contributed by atoms with Gasteiger partial charge in [0.15, 0.2) is 0 Å². The Balaban J connectivity index is 2.00. The standard InChI is InChI=1S/C20H22O3/c1-3-23-20(22)18-13-12-16(14-15(18)2)8-7-11-19(21)17-9-5-4-6-10-17/h4-10,12-14,19,21H,3,11H2,1-2H3/b8-7+. The number of ether oxygens (including phenoxy) is 1. The Morgan fingerprint density at radius 2 is 1.96 bits per heavy atom. The van der Waals surface area contributed by atoms with Crippen LogP contribution in [0.4, 0.5) is 0 Å². The van der Waals surface area contributed by atoms with E-state index in [1.807, 2.05) is 61.5 Å². The molecule has 23 heavy (non-hydrogen) atoms. The fourth-order valence-corrected chi connectivity index (χ4v) is 2.37. The molecule has 3 nitrogen and oxygen atoms in total. The summed E-state index contributed by atoms with van der Waals surface area (Å²) in [5.74, 6) is -0.292. The molecule has 0 aliphatic carbocycles. The summed E-state index contributed by atoms with van der Waals surface area (Å²) in [6.45, 7) is 4.06. The van der Waals surface area contributed by atoms with E-state index >= 15 is 0 Å². The highest BCUT2D eigenvalue weighted by Crippen LogP contribution is 2.18.